The van der Waals surface area contributed by atoms with E-state index in [0.717, 1.165) is 0 Å². The molecule has 0 aliphatic carbocycles. The van der Waals surface area contributed by atoms with Gasteiger partial charge in [-0.05, 0) is 32.0 Å². The number of ether oxygens (including phenoxy) is 2. The molecule has 23 heavy (non-hydrogen) atoms. The van der Waals surface area contributed by atoms with Crippen LogP contribution < -0.4 is 15.0 Å². The third kappa shape index (κ3) is 2.76. The molecule has 0 spiro atoms. The number of rotatable bonds is 2. The van der Waals surface area contributed by atoms with Crippen LogP contribution in [0.15, 0.2) is 35.1 Å². The first-order valence-corrected chi connectivity index (χ1v) is 7.04. The number of nitrogens with zero attached hydrogens (tertiary/aromatic N) is 2. The van der Waals surface area contributed by atoms with Crippen molar-refractivity contribution in [2.45, 2.75) is 31.7 Å². The Hall–Kier alpha value is -2.85. The van der Waals surface area contributed by atoms with E-state index in [9.17, 15) is 9.90 Å². The number of aromatic amines is 1. The lowest BCUT2D eigenvalue weighted by molar-refractivity contribution is -0.104. The van der Waals surface area contributed by atoms with E-state index in [1.54, 1.807) is 32.0 Å². The molecule has 1 aromatic heterocycles. The number of nitrogens with one attached hydrogen (secondary N) is 1. The maximum atomic E-state index is 11.1. The molecule has 0 unspecified atom stereocenters. The Labute approximate surface area is 132 Å². The number of aliphatic hydroxyl groups excluding tert-OH is 1. The first-order valence-electron chi connectivity index (χ1n) is 7.04. The topological polar surface area (TPSA) is 108 Å². The molecule has 0 radical (unpaired) electrons. The van der Waals surface area contributed by atoms with E-state index >= 15 is 0 Å². The van der Waals surface area contributed by atoms with Crippen molar-refractivity contribution in [2.24, 2.45) is 0 Å². The summed E-state index contributed by atoms with van der Waals surface area (Å²) in [5.41, 5.74) is -0.239. The number of hydrogen-bond donors (Lipinski definition) is 2. The fraction of sp³-hybridized carbons (Fsp3) is 0.312. The van der Waals surface area contributed by atoms with Crippen molar-refractivity contribution in [3.63, 3.8) is 0 Å². The molecule has 2 aromatic rings. The van der Waals surface area contributed by atoms with Gasteiger partial charge in [-0.3, -0.25) is 4.79 Å². The second-order valence-electron chi connectivity index (χ2n) is 5.81. The zero-order valence-electron chi connectivity index (χ0n) is 12.6. The summed E-state index contributed by atoms with van der Waals surface area (Å²) in [4.78, 5) is 11.1. The predicted octanol–water partition coefficient (Wildman–Crippen LogP) is 1.29. The molecule has 3 rings (SSSR count). The van der Waals surface area contributed by atoms with Crippen molar-refractivity contribution >= 4 is 0 Å². The molecule has 0 amide bonds. The van der Waals surface area contributed by atoms with Crippen LogP contribution in [-0.4, -0.2) is 27.0 Å². The summed E-state index contributed by atoms with van der Waals surface area (Å²) in [5.74, 6) is 0.702. The van der Waals surface area contributed by atoms with Crippen LogP contribution in [0.4, 0.5) is 0 Å². The minimum atomic E-state index is -0.988. The fourth-order valence-electron chi connectivity index (χ4n) is 2.47. The van der Waals surface area contributed by atoms with Crippen molar-refractivity contribution in [1.29, 1.82) is 5.26 Å². The van der Waals surface area contributed by atoms with Crippen LogP contribution in [0, 0.1) is 11.3 Å². The molecule has 0 fully saturated rings. The molecule has 0 bridgehead atoms. The molecule has 0 saturated heterocycles. The minimum Gasteiger partial charge on any atom is -0.485 e. The second-order valence-corrected chi connectivity index (χ2v) is 5.81. The lowest BCUT2D eigenvalue weighted by Crippen LogP contribution is -2.50. The van der Waals surface area contributed by atoms with Crippen LogP contribution >= 0.6 is 0 Å². The molecular weight excluding hydrogens is 298 g/mol. The summed E-state index contributed by atoms with van der Waals surface area (Å²) >= 11 is 0. The third-order valence-electron chi connectivity index (χ3n) is 3.72. The Bertz CT molecular complexity index is 817. The van der Waals surface area contributed by atoms with E-state index in [1.165, 1.54) is 12.1 Å². The normalized spacial score (nSPS) is 21.7. The Kier molecular flexibility index (Phi) is 3.54. The monoisotopic (exact) mass is 313 g/mol. The molecule has 1 aliphatic heterocycles. The minimum absolute atomic E-state index is 0.166. The van der Waals surface area contributed by atoms with Crippen molar-refractivity contribution in [3.05, 3.63) is 51.8 Å². The summed E-state index contributed by atoms with van der Waals surface area (Å²) < 4.78 is 11.6. The van der Waals surface area contributed by atoms with Crippen LogP contribution in [0.3, 0.4) is 0 Å². The first kappa shape index (κ1) is 15.1. The Morgan fingerprint density at radius 1 is 1.39 bits per heavy atom. The lowest BCUT2D eigenvalue weighted by Gasteiger charge is -2.41. The predicted molar refractivity (Wildman–Crippen MR) is 80.1 cm³/mol. The molecular formula is C16H15N3O4. The van der Waals surface area contributed by atoms with Gasteiger partial charge in [0, 0.05) is 17.7 Å². The number of hydrogen-bond acceptors (Lipinski definition) is 6. The van der Waals surface area contributed by atoms with Gasteiger partial charge in [0.05, 0.1) is 11.6 Å². The highest BCUT2D eigenvalue weighted by atomic mass is 16.5. The average Bonchev–Trinajstić information content (AvgIpc) is 2.53. The van der Waals surface area contributed by atoms with E-state index in [2.05, 4.69) is 10.2 Å². The smallest absolute Gasteiger partial charge is 0.264 e. The van der Waals surface area contributed by atoms with Crippen LogP contribution in [0.25, 0.3) is 0 Å². The summed E-state index contributed by atoms with van der Waals surface area (Å²) in [6, 6.07) is 9.69. The van der Waals surface area contributed by atoms with E-state index < -0.39 is 17.8 Å². The molecule has 118 valence electrons. The number of benzene rings is 1. The maximum Gasteiger partial charge on any atom is 0.264 e. The molecule has 2 atom stereocenters. The highest BCUT2D eigenvalue weighted by Crippen LogP contribution is 2.42. The standard InChI is InChI=1S/C16H15N3O4/c1-16(2)15(21)14(22-13-6-5-12(20)18-19-13)10-7-9(8-17)3-4-11(10)23-16/h3-7,14-15,21H,1-2H3,(H,18,20)/t14-,15+/m0/s1. The Morgan fingerprint density at radius 3 is 2.83 bits per heavy atom. The zero-order chi connectivity index (χ0) is 16.6. The van der Waals surface area contributed by atoms with E-state index in [4.69, 9.17) is 14.7 Å². The van der Waals surface area contributed by atoms with Crippen molar-refractivity contribution in [2.75, 3.05) is 0 Å². The molecule has 7 nitrogen and oxygen atoms in total. The Morgan fingerprint density at radius 2 is 2.17 bits per heavy atom. The number of aliphatic hydroxyl groups is 1. The van der Waals surface area contributed by atoms with E-state index in [-0.39, 0.29) is 11.4 Å². The van der Waals surface area contributed by atoms with Gasteiger partial charge in [0.1, 0.15) is 17.5 Å². The van der Waals surface area contributed by atoms with Gasteiger partial charge in [0.25, 0.3) is 5.56 Å². The van der Waals surface area contributed by atoms with Crippen LogP contribution in [0.1, 0.15) is 31.1 Å². The van der Waals surface area contributed by atoms with Crippen molar-refractivity contribution in [3.8, 4) is 17.7 Å². The van der Waals surface area contributed by atoms with Crippen LogP contribution in [0.2, 0.25) is 0 Å². The van der Waals surface area contributed by atoms with E-state index in [0.29, 0.717) is 16.9 Å². The molecule has 2 N–H and O–H groups in total. The van der Waals surface area contributed by atoms with Gasteiger partial charge in [0.15, 0.2) is 6.10 Å². The van der Waals surface area contributed by atoms with Crippen LogP contribution in [-0.2, 0) is 0 Å². The highest BCUT2D eigenvalue weighted by Gasteiger charge is 2.44. The van der Waals surface area contributed by atoms with Gasteiger partial charge in [-0.25, -0.2) is 5.10 Å². The van der Waals surface area contributed by atoms with Crippen LogP contribution in [0.5, 0.6) is 11.6 Å². The number of aromatic nitrogens is 2. The number of fused-ring (bicyclic) bond motifs is 1. The van der Waals surface area contributed by atoms with E-state index in [1.807, 2.05) is 6.07 Å². The average molecular weight is 313 g/mol. The van der Waals surface area contributed by atoms with Gasteiger partial charge in [-0.2, -0.15) is 5.26 Å². The Balaban J connectivity index is 2.04. The van der Waals surface area contributed by atoms with Crippen molar-refractivity contribution < 1.29 is 14.6 Å². The van der Waals surface area contributed by atoms with Gasteiger partial charge < -0.3 is 14.6 Å². The molecule has 2 heterocycles. The fourth-order valence-corrected chi connectivity index (χ4v) is 2.47. The summed E-state index contributed by atoms with van der Waals surface area (Å²) in [5, 5.41) is 25.7. The highest BCUT2D eigenvalue weighted by molar-refractivity contribution is 5.46. The largest absolute Gasteiger partial charge is 0.485 e. The molecule has 0 saturated carbocycles. The third-order valence-corrected chi connectivity index (χ3v) is 3.72. The number of nitriles is 1. The quantitative estimate of drug-likeness (QED) is 0.865. The molecule has 7 heteroatoms. The van der Waals surface area contributed by atoms with Gasteiger partial charge in [-0.15, -0.1) is 5.10 Å². The zero-order valence-corrected chi connectivity index (χ0v) is 12.6. The summed E-state index contributed by atoms with van der Waals surface area (Å²) in [6.07, 6.45) is -1.77. The van der Waals surface area contributed by atoms with Crippen molar-refractivity contribution in [1.82, 2.24) is 10.2 Å². The first-order chi connectivity index (χ1) is 10.9. The molecule has 1 aromatic carbocycles. The summed E-state index contributed by atoms with van der Waals surface area (Å²) in [6.45, 7) is 3.49. The van der Waals surface area contributed by atoms with Gasteiger partial charge in [-0.1, -0.05) is 0 Å². The number of H-pyrrole nitrogens is 1. The molecule has 1 aliphatic rings. The second kappa shape index (κ2) is 5.41. The SMILES string of the molecule is CC1(C)Oc2ccc(C#N)cc2[C@H](Oc2ccc(=O)[nH]n2)[C@H]1O. The van der Waals surface area contributed by atoms with Gasteiger partial charge >= 0.3 is 0 Å². The maximum absolute atomic E-state index is 11.1. The summed E-state index contributed by atoms with van der Waals surface area (Å²) in [7, 11) is 0. The van der Waals surface area contributed by atoms with Gasteiger partial charge in [0.2, 0.25) is 5.88 Å². The lowest BCUT2D eigenvalue weighted by atomic mass is 9.88.